The second kappa shape index (κ2) is 11.5. The van der Waals surface area contributed by atoms with E-state index in [4.69, 9.17) is 4.74 Å². The number of sulfonamides is 1. The Balaban J connectivity index is 1.47. The Labute approximate surface area is 215 Å². The van der Waals surface area contributed by atoms with E-state index in [1.165, 1.54) is 42.5 Å². The molecule has 0 aromatic heterocycles. The smallest absolute Gasteiger partial charge is 0.255 e. The van der Waals surface area contributed by atoms with Gasteiger partial charge in [-0.25, -0.2) is 12.8 Å². The van der Waals surface area contributed by atoms with Gasteiger partial charge in [0.1, 0.15) is 5.82 Å². The maximum absolute atomic E-state index is 14.1. The van der Waals surface area contributed by atoms with Crippen LogP contribution in [0.2, 0.25) is 0 Å². The van der Waals surface area contributed by atoms with Crippen LogP contribution in [0, 0.1) is 5.82 Å². The molecular weight excluding hydrogens is 497 g/mol. The van der Waals surface area contributed by atoms with Gasteiger partial charge in [-0.05, 0) is 55.3 Å². The molecule has 0 aliphatic carbocycles. The quantitative estimate of drug-likeness (QED) is 0.440. The lowest BCUT2D eigenvalue weighted by Gasteiger charge is -2.23. The molecule has 0 bridgehead atoms. The Bertz CT molecular complexity index is 1370. The topological polar surface area (TPSA) is 105 Å². The fraction of sp³-hybridized carbons (Fsp3) is 0.259. The summed E-state index contributed by atoms with van der Waals surface area (Å²) in [5, 5.41) is 5.60. The zero-order valence-corrected chi connectivity index (χ0v) is 21.1. The standard InChI is InChI=1S/C27H28FN3O5S/c1-37(34,35)31(18-20-7-2-4-10-24(20)28)21-14-12-19(13-15-21)26(32)30-25-11-5-3-9-23(25)27(33)29-17-22-8-6-16-36-22/h2-5,7,9-15,22H,6,8,16-18H2,1H3,(H,29,33)(H,30,32)/t22-/m0/s1. The van der Waals surface area contributed by atoms with Crippen LogP contribution in [0.5, 0.6) is 0 Å². The Morgan fingerprint density at radius 1 is 1.00 bits per heavy atom. The average molecular weight is 526 g/mol. The summed E-state index contributed by atoms with van der Waals surface area (Å²) in [6.07, 6.45) is 2.90. The van der Waals surface area contributed by atoms with E-state index in [-0.39, 0.29) is 35.4 Å². The lowest BCUT2D eigenvalue weighted by Crippen LogP contribution is -2.32. The van der Waals surface area contributed by atoms with E-state index in [2.05, 4.69) is 10.6 Å². The number of benzene rings is 3. The number of rotatable bonds is 9. The molecule has 0 radical (unpaired) electrons. The maximum Gasteiger partial charge on any atom is 0.255 e. The van der Waals surface area contributed by atoms with Gasteiger partial charge < -0.3 is 15.4 Å². The number of nitrogens with one attached hydrogen (secondary N) is 2. The highest BCUT2D eigenvalue weighted by atomic mass is 32.2. The van der Waals surface area contributed by atoms with Crippen LogP contribution in [-0.2, 0) is 21.3 Å². The number of carbonyl (C=O) groups excluding carboxylic acids is 2. The average Bonchev–Trinajstić information content (AvgIpc) is 3.40. The van der Waals surface area contributed by atoms with Crippen molar-refractivity contribution in [2.45, 2.75) is 25.5 Å². The first-order valence-corrected chi connectivity index (χ1v) is 13.7. The highest BCUT2D eigenvalue weighted by molar-refractivity contribution is 7.92. The van der Waals surface area contributed by atoms with Gasteiger partial charge in [-0.3, -0.25) is 13.9 Å². The van der Waals surface area contributed by atoms with Crippen LogP contribution >= 0.6 is 0 Å². The van der Waals surface area contributed by atoms with Crippen LogP contribution in [0.3, 0.4) is 0 Å². The zero-order valence-electron chi connectivity index (χ0n) is 20.3. The van der Waals surface area contributed by atoms with Crippen LogP contribution in [0.1, 0.15) is 39.1 Å². The first-order valence-electron chi connectivity index (χ1n) is 11.8. The largest absolute Gasteiger partial charge is 0.376 e. The predicted octanol–water partition coefficient (Wildman–Crippen LogP) is 3.95. The molecule has 0 saturated carbocycles. The fourth-order valence-electron chi connectivity index (χ4n) is 4.05. The van der Waals surface area contributed by atoms with E-state index < -0.39 is 21.7 Å². The van der Waals surface area contributed by atoms with Crippen molar-refractivity contribution in [3.8, 4) is 0 Å². The van der Waals surface area contributed by atoms with Crippen molar-refractivity contribution in [2.24, 2.45) is 0 Å². The first kappa shape index (κ1) is 26.3. The Kier molecular flexibility index (Phi) is 8.20. The lowest BCUT2D eigenvalue weighted by atomic mass is 10.1. The zero-order chi connectivity index (χ0) is 26.4. The molecule has 0 spiro atoms. The molecule has 2 amide bonds. The van der Waals surface area contributed by atoms with Crippen LogP contribution in [0.4, 0.5) is 15.8 Å². The van der Waals surface area contributed by atoms with E-state index in [0.717, 1.165) is 23.4 Å². The first-order chi connectivity index (χ1) is 17.7. The van der Waals surface area contributed by atoms with Crippen molar-refractivity contribution in [3.63, 3.8) is 0 Å². The third-order valence-electron chi connectivity index (χ3n) is 6.02. The number of carbonyl (C=O) groups is 2. The summed E-state index contributed by atoms with van der Waals surface area (Å²) in [5.41, 5.74) is 1.44. The van der Waals surface area contributed by atoms with Crippen molar-refractivity contribution in [3.05, 3.63) is 95.3 Å². The summed E-state index contributed by atoms with van der Waals surface area (Å²) >= 11 is 0. The number of halogens is 1. The molecule has 37 heavy (non-hydrogen) atoms. The monoisotopic (exact) mass is 525 g/mol. The SMILES string of the molecule is CS(=O)(=O)N(Cc1ccccc1F)c1ccc(C(=O)Nc2ccccc2C(=O)NC[C@@H]2CCCO2)cc1. The molecule has 3 aromatic carbocycles. The Hall–Kier alpha value is -3.76. The van der Waals surface area contributed by atoms with Crippen molar-refractivity contribution in [1.82, 2.24) is 5.32 Å². The van der Waals surface area contributed by atoms with Gasteiger partial charge in [0, 0.05) is 24.3 Å². The minimum absolute atomic E-state index is 0.00546. The second-order valence-corrected chi connectivity index (χ2v) is 10.7. The fourth-order valence-corrected chi connectivity index (χ4v) is 4.93. The summed E-state index contributed by atoms with van der Waals surface area (Å²) in [7, 11) is -3.73. The maximum atomic E-state index is 14.1. The van der Waals surface area contributed by atoms with E-state index in [0.29, 0.717) is 24.4 Å². The van der Waals surface area contributed by atoms with Gasteiger partial charge >= 0.3 is 0 Å². The number of hydrogen-bond donors (Lipinski definition) is 2. The van der Waals surface area contributed by atoms with Gasteiger partial charge in [0.25, 0.3) is 11.8 Å². The number of hydrogen-bond acceptors (Lipinski definition) is 5. The second-order valence-electron chi connectivity index (χ2n) is 8.75. The predicted molar refractivity (Wildman–Crippen MR) is 140 cm³/mol. The van der Waals surface area contributed by atoms with Crippen LogP contribution in [0.25, 0.3) is 0 Å². The molecule has 2 N–H and O–H groups in total. The van der Waals surface area contributed by atoms with Crippen molar-refractivity contribution in [1.29, 1.82) is 0 Å². The van der Waals surface area contributed by atoms with Crippen molar-refractivity contribution < 1.29 is 27.1 Å². The van der Waals surface area contributed by atoms with Gasteiger partial charge in [-0.1, -0.05) is 30.3 Å². The van der Waals surface area contributed by atoms with E-state index in [9.17, 15) is 22.4 Å². The van der Waals surface area contributed by atoms with Gasteiger partial charge in [-0.2, -0.15) is 0 Å². The molecular formula is C27H28FN3O5S. The molecule has 10 heteroatoms. The number of ether oxygens (including phenoxy) is 1. The van der Waals surface area contributed by atoms with Crippen LogP contribution < -0.4 is 14.9 Å². The third kappa shape index (κ3) is 6.72. The summed E-state index contributed by atoms with van der Waals surface area (Å²) in [6, 6.07) is 18.5. The third-order valence-corrected chi connectivity index (χ3v) is 7.16. The molecule has 1 heterocycles. The molecule has 194 valence electrons. The Morgan fingerprint density at radius 2 is 1.70 bits per heavy atom. The molecule has 1 aliphatic rings. The van der Waals surface area contributed by atoms with Crippen molar-refractivity contribution >= 4 is 33.2 Å². The minimum atomic E-state index is -3.73. The lowest BCUT2D eigenvalue weighted by molar-refractivity contribution is 0.0858. The number of para-hydroxylation sites is 1. The molecule has 1 aliphatic heterocycles. The molecule has 8 nitrogen and oxygen atoms in total. The van der Waals surface area contributed by atoms with E-state index in [1.807, 2.05) is 0 Å². The number of amides is 2. The van der Waals surface area contributed by atoms with Gasteiger partial charge in [0.05, 0.1) is 35.8 Å². The summed E-state index contributed by atoms with van der Waals surface area (Å²) < 4.78 is 45.6. The minimum Gasteiger partial charge on any atom is -0.376 e. The summed E-state index contributed by atoms with van der Waals surface area (Å²) in [6.45, 7) is 0.898. The summed E-state index contributed by atoms with van der Waals surface area (Å²) in [5.74, 6) is -1.30. The molecule has 0 unspecified atom stereocenters. The highest BCUT2D eigenvalue weighted by Crippen LogP contribution is 2.23. The molecule has 3 aromatic rings. The van der Waals surface area contributed by atoms with Gasteiger partial charge in [0.2, 0.25) is 10.0 Å². The molecule has 1 fully saturated rings. The van der Waals surface area contributed by atoms with Gasteiger partial charge in [-0.15, -0.1) is 0 Å². The molecule has 1 atom stereocenters. The van der Waals surface area contributed by atoms with Crippen LogP contribution in [0.15, 0.2) is 72.8 Å². The summed E-state index contributed by atoms with van der Waals surface area (Å²) in [4.78, 5) is 25.6. The number of nitrogens with zero attached hydrogens (tertiary/aromatic N) is 1. The Morgan fingerprint density at radius 3 is 2.38 bits per heavy atom. The number of anilines is 2. The van der Waals surface area contributed by atoms with E-state index in [1.54, 1.807) is 30.3 Å². The normalized spacial score (nSPS) is 15.2. The highest BCUT2D eigenvalue weighted by Gasteiger charge is 2.21. The van der Waals surface area contributed by atoms with Gasteiger partial charge in [0.15, 0.2) is 0 Å². The van der Waals surface area contributed by atoms with Crippen molar-refractivity contribution in [2.75, 3.05) is 29.0 Å². The molecule has 4 rings (SSSR count). The van der Waals surface area contributed by atoms with E-state index >= 15 is 0 Å². The van der Waals surface area contributed by atoms with Crippen LogP contribution in [-0.4, -0.2) is 45.7 Å². The molecule has 1 saturated heterocycles.